The van der Waals surface area contributed by atoms with Crippen LogP contribution < -0.4 is 4.74 Å². The molecule has 0 saturated carbocycles. The average molecular weight is 883 g/mol. The molecule has 270 valence electrons. The molecule has 11 nitrogen and oxygen atoms in total. The van der Waals surface area contributed by atoms with E-state index in [0.29, 0.717) is 22.3 Å². The van der Waals surface area contributed by atoms with Crippen molar-refractivity contribution in [3.05, 3.63) is 147 Å². The van der Waals surface area contributed by atoms with Crippen LogP contribution in [0.4, 0.5) is 0 Å². The fourth-order valence-electron chi connectivity index (χ4n) is 4.67. The van der Waals surface area contributed by atoms with Gasteiger partial charge in [0.25, 0.3) is 0 Å². The van der Waals surface area contributed by atoms with Crippen LogP contribution in [0, 0.1) is 31.3 Å². The zero-order chi connectivity index (χ0) is 37.4. The minimum atomic E-state index is -5.23. The van der Waals surface area contributed by atoms with E-state index in [2.05, 4.69) is 0 Å². The van der Waals surface area contributed by atoms with Gasteiger partial charge >= 0.3 is 310 Å². The third-order valence-electron chi connectivity index (χ3n) is 7.54. The summed E-state index contributed by atoms with van der Waals surface area (Å²) in [4.78, 5) is -1.94. The molecule has 0 radical (unpaired) electrons. The Kier molecular flexibility index (Phi) is 11.2. The van der Waals surface area contributed by atoms with Crippen LogP contribution in [0.15, 0.2) is 141 Å². The molecule has 0 heterocycles. The molecule has 5 rings (SSSR count). The fourth-order valence-corrected chi connectivity index (χ4v) is 26.7. The van der Waals surface area contributed by atoms with Crippen LogP contribution in [0.5, 0.6) is 5.75 Å². The monoisotopic (exact) mass is 882 g/mol. The molecule has 0 unspecified atom stereocenters. The number of ether oxygens (including phenoxy) is 1. The molecule has 0 aromatic heterocycles. The summed E-state index contributed by atoms with van der Waals surface area (Å²) in [7, 11) is -19.5. The number of hydrogen-bond donors (Lipinski definition) is 0. The van der Waals surface area contributed by atoms with Gasteiger partial charge in [-0.05, 0) is 0 Å². The Morgan fingerprint density at radius 3 is 0.843 bits per heavy atom. The van der Waals surface area contributed by atoms with Gasteiger partial charge < -0.3 is 0 Å². The zero-order valence-corrected chi connectivity index (χ0v) is 33.6. The van der Waals surface area contributed by atoms with E-state index in [1.165, 1.54) is 128 Å². The molecular formula is C35H35IN2O9S4. The maximum absolute atomic E-state index is 14.9. The summed E-state index contributed by atoms with van der Waals surface area (Å²) in [5.74, 6) is 0.276. The molecule has 0 bridgehead atoms. The first-order valence-electron chi connectivity index (χ1n) is 15.1. The molecule has 0 spiro atoms. The SMILES string of the molecule is COc1ccc(I(N(S(=O)(=O)c2ccc(C)cc2)S(=O)(=O)c2ccc(C)cc2)N(S(=O)(=O)c2ccc(C)cc2)S(=O)(=O)c2ccc(C)cc2)cc1. The first kappa shape index (κ1) is 38.6. The number of benzene rings is 5. The zero-order valence-electron chi connectivity index (χ0n) is 28.1. The van der Waals surface area contributed by atoms with Gasteiger partial charge in [0.1, 0.15) is 0 Å². The number of methoxy groups -OCH3 is 1. The summed E-state index contributed by atoms with van der Waals surface area (Å²) in [5.41, 5.74) is 2.66. The molecule has 5 aromatic rings. The first-order chi connectivity index (χ1) is 23.9. The molecule has 0 N–H and O–H groups in total. The van der Waals surface area contributed by atoms with Gasteiger partial charge in [-0.25, -0.2) is 0 Å². The van der Waals surface area contributed by atoms with E-state index in [9.17, 15) is 33.7 Å². The molecule has 0 amide bonds. The molecule has 16 heteroatoms. The Morgan fingerprint density at radius 1 is 0.392 bits per heavy atom. The summed E-state index contributed by atoms with van der Waals surface area (Å²) in [5, 5.41) is 0. The number of sulfonamides is 4. The van der Waals surface area contributed by atoms with Crippen molar-refractivity contribution in [3.63, 3.8) is 0 Å². The van der Waals surface area contributed by atoms with Crippen molar-refractivity contribution < 1.29 is 38.4 Å². The molecule has 0 atom stereocenters. The van der Waals surface area contributed by atoms with Crippen LogP contribution >= 0.6 is 20.4 Å². The van der Waals surface area contributed by atoms with Crippen LogP contribution in [0.3, 0.4) is 0 Å². The first-order valence-corrected chi connectivity index (χ1v) is 23.9. The Labute approximate surface area is 307 Å². The van der Waals surface area contributed by atoms with Crippen LogP contribution in [-0.4, -0.2) is 44.6 Å². The van der Waals surface area contributed by atoms with Crippen molar-refractivity contribution in [3.8, 4) is 5.75 Å². The standard InChI is InChI=1S/C35H35IN2O9S4/c1-26-6-18-32(19-7-26)48(39,40)37(49(41,42)33-20-8-27(2)9-21-33)36(30-14-16-31(47-5)17-15-30)38(50(43,44)34-22-10-28(3)11-23-34)51(45,46)35-24-12-29(4)13-25-35/h6-25H,1-5H3. The van der Waals surface area contributed by atoms with Crippen LogP contribution in [0.1, 0.15) is 22.3 Å². The van der Waals surface area contributed by atoms with E-state index in [1.807, 2.05) is 0 Å². The normalized spacial score (nSPS) is 13.0. The van der Waals surface area contributed by atoms with E-state index in [4.69, 9.17) is 4.74 Å². The summed E-state index contributed by atoms with van der Waals surface area (Å²) < 4.78 is 125. The van der Waals surface area contributed by atoms with Crippen molar-refractivity contribution in [2.24, 2.45) is 0 Å². The maximum atomic E-state index is 14.9. The topological polar surface area (TPSA) is 152 Å². The number of rotatable bonds is 12. The van der Waals surface area contributed by atoms with Crippen molar-refractivity contribution >= 4 is 60.5 Å². The summed E-state index contributed by atoms with van der Waals surface area (Å²) >= 11 is -5.11. The van der Waals surface area contributed by atoms with Crippen molar-refractivity contribution in [1.29, 1.82) is 0 Å². The second kappa shape index (κ2) is 14.8. The summed E-state index contributed by atoms with van der Waals surface area (Å²) in [6.45, 7) is 6.82. The van der Waals surface area contributed by atoms with Crippen LogP contribution in [0.25, 0.3) is 0 Å². The van der Waals surface area contributed by atoms with E-state index in [0.717, 1.165) is 0 Å². The van der Waals surface area contributed by atoms with Crippen molar-refractivity contribution in [2.45, 2.75) is 47.3 Å². The van der Waals surface area contributed by atoms with Gasteiger partial charge in [-0.1, -0.05) is 0 Å². The van der Waals surface area contributed by atoms with E-state index < -0.39 is 80.0 Å². The predicted molar refractivity (Wildman–Crippen MR) is 203 cm³/mol. The molecule has 0 aliphatic heterocycles. The van der Waals surface area contributed by atoms with Gasteiger partial charge in [0.2, 0.25) is 0 Å². The van der Waals surface area contributed by atoms with Crippen LogP contribution in [0.2, 0.25) is 0 Å². The van der Waals surface area contributed by atoms with Crippen molar-refractivity contribution in [1.82, 2.24) is 3.85 Å². The van der Waals surface area contributed by atoms with Gasteiger partial charge in [-0.15, -0.1) is 0 Å². The predicted octanol–water partition coefficient (Wildman–Crippen LogP) is 6.59. The molecular weight excluding hydrogens is 848 g/mol. The van der Waals surface area contributed by atoms with Crippen molar-refractivity contribution in [2.75, 3.05) is 7.11 Å². The molecule has 0 aliphatic rings. The average Bonchev–Trinajstić information content (AvgIpc) is 3.08. The van der Waals surface area contributed by atoms with E-state index >= 15 is 0 Å². The molecule has 5 aromatic carbocycles. The van der Waals surface area contributed by atoms with Gasteiger partial charge in [0, 0.05) is 0 Å². The Balaban J connectivity index is 1.98. The van der Waals surface area contributed by atoms with Gasteiger partial charge in [0.15, 0.2) is 0 Å². The number of hydrogen-bond acceptors (Lipinski definition) is 9. The van der Waals surface area contributed by atoms with E-state index in [-0.39, 0.29) is 13.2 Å². The van der Waals surface area contributed by atoms with Crippen LogP contribution in [-0.2, 0) is 40.1 Å². The molecule has 0 fully saturated rings. The Morgan fingerprint density at radius 2 is 0.627 bits per heavy atom. The summed E-state index contributed by atoms with van der Waals surface area (Å²) in [6, 6.07) is 26.5. The number of nitrogens with zero attached hydrogens (tertiary/aromatic N) is 2. The fraction of sp³-hybridized carbons (Fsp3) is 0.143. The number of aryl methyl sites for hydroxylation is 4. The molecule has 0 saturated heterocycles. The van der Waals surface area contributed by atoms with Gasteiger partial charge in [-0.2, -0.15) is 0 Å². The second-order valence-electron chi connectivity index (χ2n) is 11.5. The van der Waals surface area contributed by atoms with Gasteiger partial charge in [0.05, 0.1) is 0 Å². The number of halogens is 1. The Bertz CT molecular complexity index is 2170. The second-order valence-corrected chi connectivity index (χ2v) is 26.3. The quantitative estimate of drug-likeness (QED) is 0.0998. The summed E-state index contributed by atoms with van der Waals surface area (Å²) in [6.07, 6.45) is 0. The molecule has 0 aliphatic carbocycles. The minimum absolute atomic E-state index is 0.124. The Hall–Kier alpha value is -3.65. The molecule has 51 heavy (non-hydrogen) atoms. The van der Waals surface area contributed by atoms with E-state index in [1.54, 1.807) is 27.7 Å². The van der Waals surface area contributed by atoms with Gasteiger partial charge in [-0.3, -0.25) is 0 Å². The third kappa shape index (κ3) is 7.77. The third-order valence-corrected chi connectivity index (χ3v) is 27.9.